The normalized spacial score (nSPS) is 27.0. The van der Waals surface area contributed by atoms with E-state index in [-0.39, 0.29) is 29.7 Å². The number of nitrogens with zero attached hydrogens (tertiary/aromatic N) is 1. The van der Waals surface area contributed by atoms with Crippen LogP contribution < -0.4 is 10.2 Å². The van der Waals surface area contributed by atoms with Crippen LogP contribution in [0.2, 0.25) is 0 Å². The zero-order chi connectivity index (χ0) is 14.3. The summed E-state index contributed by atoms with van der Waals surface area (Å²) in [6.45, 7) is 2.06. The first-order valence-corrected chi connectivity index (χ1v) is 7.27. The van der Waals surface area contributed by atoms with E-state index in [1.807, 2.05) is 31.3 Å². The largest absolute Gasteiger partial charge is 0.313 e. The lowest BCUT2D eigenvalue weighted by Crippen LogP contribution is -2.46. The number of carbonyl (C=O) groups is 2. The van der Waals surface area contributed by atoms with Crippen LogP contribution in [0.15, 0.2) is 24.3 Å². The van der Waals surface area contributed by atoms with Crippen LogP contribution in [0.25, 0.3) is 0 Å². The predicted octanol–water partition coefficient (Wildman–Crippen LogP) is 2.26. The number of amides is 2. The van der Waals surface area contributed by atoms with E-state index in [0.29, 0.717) is 0 Å². The Morgan fingerprint density at radius 3 is 2.45 bits per heavy atom. The van der Waals surface area contributed by atoms with Gasteiger partial charge in [-0.25, -0.2) is 0 Å². The third kappa shape index (κ3) is 2.04. The Kier molecular flexibility index (Phi) is 3.34. The Morgan fingerprint density at radius 1 is 1.20 bits per heavy atom. The standard InChI is InChI=1S/C16H20N2O2/c1-10(17-2)11-4-3-5-14(9-11)18-15(19)12-6-7-13(8-12)16(18)20/h3-5,9-10,12-13,17H,6-8H2,1-2H3. The van der Waals surface area contributed by atoms with E-state index in [9.17, 15) is 9.59 Å². The van der Waals surface area contributed by atoms with Crippen LogP contribution in [-0.2, 0) is 9.59 Å². The molecule has 0 spiro atoms. The number of hydrogen-bond acceptors (Lipinski definition) is 3. The molecular formula is C16H20N2O2. The number of rotatable bonds is 3. The van der Waals surface area contributed by atoms with Gasteiger partial charge in [0.2, 0.25) is 11.8 Å². The van der Waals surface area contributed by atoms with Gasteiger partial charge in [0, 0.05) is 17.9 Å². The Balaban J connectivity index is 1.96. The van der Waals surface area contributed by atoms with Gasteiger partial charge in [-0.15, -0.1) is 0 Å². The van der Waals surface area contributed by atoms with Crippen molar-refractivity contribution in [1.29, 1.82) is 0 Å². The van der Waals surface area contributed by atoms with E-state index in [4.69, 9.17) is 0 Å². The molecule has 2 aliphatic rings. The van der Waals surface area contributed by atoms with E-state index in [0.717, 1.165) is 30.5 Å². The summed E-state index contributed by atoms with van der Waals surface area (Å²) in [6, 6.07) is 7.92. The third-order valence-electron chi connectivity index (χ3n) is 4.63. The highest BCUT2D eigenvalue weighted by Gasteiger charge is 2.45. The number of piperidine rings is 1. The first-order valence-electron chi connectivity index (χ1n) is 7.27. The van der Waals surface area contributed by atoms with Gasteiger partial charge in [-0.2, -0.15) is 0 Å². The third-order valence-corrected chi connectivity index (χ3v) is 4.63. The van der Waals surface area contributed by atoms with Crippen LogP contribution in [-0.4, -0.2) is 18.9 Å². The molecule has 4 heteroatoms. The monoisotopic (exact) mass is 272 g/mol. The molecule has 1 aromatic carbocycles. The van der Waals surface area contributed by atoms with E-state index in [2.05, 4.69) is 12.2 Å². The molecule has 2 bridgehead atoms. The lowest BCUT2D eigenvalue weighted by atomic mass is 9.96. The fourth-order valence-electron chi connectivity index (χ4n) is 3.26. The second kappa shape index (κ2) is 5.02. The van der Waals surface area contributed by atoms with Gasteiger partial charge in [0.05, 0.1) is 5.69 Å². The van der Waals surface area contributed by atoms with Crippen molar-refractivity contribution in [3.8, 4) is 0 Å². The molecule has 20 heavy (non-hydrogen) atoms. The van der Waals surface area contributed by atoms with Gasteiger partial charge in [-0.3, -0.25) is 14.5 Å². The maximum absolute atomic E-state index is 12.4. The van der Waals surface area contributed by atoms with Crippen molar-refractivity contribution in [2.24, 2.45) is 11.8 Å². The second-order valence-corrected chi connectivity index (χ2v) is 5.82. The van der Waals surface area contributed by atoms with Crippen molar-refractivity contribution in [2.45, 2.75) is 32.2 Å². The van der Waals surface area contributed by atoms with Crippen LogP contribution in [0, 0.1) is 11.8 Å². The number of benzene rings is 1. The summed E-state index contributed by atoms with van der Waals surface area (Å²) < 4.78 is 0. The molecule has 3 rings (SSSR count). The minimum Gasteiger partial charge on any atom is -0.313 e. The van der Waals surface area contributed by atoms with Crippen molar-refractivity contribution in [1.82, 2.24) is 5.32 Å². The summed E-state index contributed by atoms with van der Waals surface area (Å²) in [5.41, 5.74) is 1.81. The van der Waals surface area contributed by atoms with E-state index in [1.54, 1.807) is 0 Å². The quantitative estimate of drug-likeness (QED) is 0.859. The van der Waals surface area contributed by atoms with Gasteiger partial charge in [-0.05, 0) is 50.9 Å². The number of anilines is 1. The zero-order valence-electron chi connectivity index (χ0n) is 11.9. The van der Waals surface area contributed by atoms with Gasteiger partial charge in [0.1, 0.15) is 0 Å². The molecular weight excluding hydrogens is 252 g/mol. The summed E-state index contributed by atoms with van der Waals surface area (Å²) in [4.78, 5) is 26.3. The van der Waals surface area contributed by atoms with Crippen LogP contribution in [0.4, 0.5) is 5.69 Å². The Bertz CT molecular complexity index is 533. The summed E-state index contributed by atoms with van der Waals surface area (Å²) in [5, 5.41) is 3.18. The highest BCUT2D eigenvalue weighted by atomic mass is 16.2. The lowest BCUT2D eigenvalue weighted by Gasteiger charge is -2.30. The molecule has 1 saturated carbocycles. The van der Waals surface area contributed by atoms with E-state index >= 15 is 0 Å². The number of fused-ring (bicyclic) bond motifs is 2. The highest BCUT2D eigenvalue weighted by Crippen LogP contribution is 2.40. The lowest BCUT2D eigenvalue weighted by molar-refractivity contribution is -0.132. The van der Waals surface area contributed by atoms with E-state index < -0.39 is 0 Å². The molecule has 1 aliphatic carbocycles. The molecule has 2 fully saturated rings. The Hall–Kier alpha value is -1.68. The van der Waals surface area contributed by atoms with Crippen LogP contribution in [0.1, 0.15) is 37.8 Å². The molecule has 106 valence electrons. The summed E-state index contributed by atoms with van der Waals surface area (Å²) in [7, 11) is 1.90. The van der Waals surface area contributed by atoms with Crippen LogP contribution in [0.5, 0.6) is 0 Å². The van der Waals surface area contributed by atoms with Crippen LogP contribution >= 0.6 is 0 Å². The topological polar surface area (TPSA) is 49.4 Å². The Labute approximate surface area is 119 Å². The summed E-state index contributed by atoms with van der Waals surface area (Å²) >= 11 is 0. The van der Waals surface area contributed by atoms with Crippen molar-refractivity contribution < 1.29 is 9.59 Å². The minimum absolute atomic E-state index is 0.0157. The fourth-order valence-corrected chi connectivity index (χ4v) is 3.26. The van der Waals surface area contributed by atoms with Crippen molar-refractivity contribution in [3.63, 3.8) is 0 Å². The molecule has 1 aliphatic heterocycles. The number of hydrogen-bond donors (Lipinski definition) is 1. The number of imide groups is 1. The minimum atomic E-state index is -0.0157. The van der Waals surface area contributed by atoms with Gasteiger partial charge >= 0.3 is 0 Å². The average molecular weight is 272 g/mol. The van der Waals surface area contributed by atoms with Gasteiger partial charge in [0.15, 0.2) is 0 Å². The van der Waals surface area contributed by atoms with Crippen molar-refractivity contribution in [2.75, 3.05) is 11.9 Å². The average Bonchev–Trinajstić information content (AvgIpc) is 2.92. The fraction of sp³-hybridized carbons (Fsp3) is 0.500. The van der Waals surface area contributed by atoms with Crippen molar-refractivity contribution in [3.05, 3.63) is 29.8 Å². The molecule has 1 N–H and O–H groups in total. The highest BCUT2D eigenvalue weighted by molar-refractivity contribution is 6.18. The summed E-state index contributed by atoms with van der Waals surface area (Å²) in [5.74, 6) is 0.0576. The molecule has 1 aromatic rings. The SMILES string of the molecule is CNC(C)c1cccc(N2C(=O)C3CCC(C3)C2=O)c1. The first-order chi connectivity index (χ1) is 9.61. The van der Waals surface area contributed by atoms with Crippen molar-refractivity contribution >= 4 is 17.5 Å². The maximum atomic E-state index is 12.4. The second-order valence-electron chi connectivity index (χ2n) is 5.82. The maximum Gasteiger partial charge on any atom is 0.236 e. The first kappa shape index (κ1) is 13.3. The Morgan fingerprint density at radius 2 is 1.85 bits per heavy atom. The molecule has 1 heterocycles. The van der Waals surface area contributed by atoms with Crippen LogP contribution in [0.3, 0.4) is 0 Å². The van der Waals surface area contributed by atoms with E-state index in [1.165, 1.54) is 4.90 Å². The molecule has 0 aromatic heterocycles. The van der Waals surface area contributed by atoms with Gasteiger partial charge in [-0.1, -0.05) is 12.1 Å². The molecule has 3 unspecified atom stereocenters. The zero-order valence-corrected chi connectivity index (χ0v) is 11.9. The molecule has 2 amide bonds. The predicted molar refractivity (Wildman–Crippen MR) is 77.2 cm³/mol. The number of carbonyl (C=O) groups excluding carboxylic acids is 2. The number of nitrogens with one attached hydrogen (secondary N) is 1. The molecule has 0 radical (unpaired) electrons. The molecule has 4 nitrogen and oxygen atoms in total. The van der Waals surface area contributed by atoms with Gasteiger partial charge < -0.3 is 5.32 Å². The molecule has 1 saturated heterocycles. The van der Waals surface area contributed by atoms with Gasteiger partial charge in [0.25, 0.3) is 0 Å². The molecule has 3 atom stereocenters. The smallest absolute Gasteiger partial charge is 0.236 e. The summed E-state index contributed by atoms with van der Waals surface area (Å²) in [6.07, 6.45) is 2.47.